The number of carbonyl (C=O) groups excluding carboxylic acids is 2. The van der Waals surface area contributed by atoms with E-state index in [0.717, 1.165) is 39.4 Å². The number of hydrogen-bond donors (Lipinski definition) is 1. The van der Waals surface area contributed by atoms with Gasteiger partial charge in [-0.2, -0.15) is 0 Å². The molecule has 214 valence electrons. The van der Waals surface area contributed by atoms with Gasteiger partial charge in [0, 0.05) is 13.1 Å². The van der Waals surface area contributed by atoms with E-state index in [2.05, 4.69) is 5.32 Å². The highest BCUT2D eigenvalue weighted by molar-refractivity contribution is 7.92. The SMILES string of the molecule is CCCCNC(=O)[C@@H](CC)N(Cc1ccc(C)cc1)C(=O)CN(c1ccc(C)cc1)S(=O)(=O)c1ccc(C)cc1. The standard InChI is InChI=1S/C32H41N3O4S/c1-6-8-21-33-32(37)30(7-2)34(22-27-15-9-24(3)10-16-27)31(36)23-35(28-17-11-25(4)12-18-28)40(38,39)29-19-13-26(5)14-20-29/h9-20,30H,6-8,21-23H2,1-5H3,(H,33,37)/t30-/m1/s1. The topological polar surface area (TPSA) is 86.8 Å². The zero-order chi connectivity index (χ0) is 29.3. The van der Waals surface area contributed by atoms with E-state index in [1.165, 1.54) is 4.90 Å². The number of anilines is 1. The van der Waals surface area contributed by atoms with Crippen molar-refractivity contribution in [3.8, 4) is 0 Å². The number of carbonyl (C=O) groups is 2. The molecule has 3 aromatic carbocycles. The lowest BCUT2D eigenvalue weighted by Gasteiger charge is -2.33. The van der Waals surface area contributed by atoms with Crippen molar-refractivity contribution in [2.75, 3.05) is 17.4 Å². The van der Waals surface area contributed by atoms with Gasteiger partial charge in [0.2, 0.25) is 11.8 Å². The molecule has 2 amide bonds. The molecule has 0 aliphatic rings. The normalized spacial score (nSPS) is 12.0. The van der Waals surface area contributed by atoms with E-state index in [1.54, 1.807) is 36.4 Å². The Morgan fingerprint density at radius 1 is 0.800 bits per heavy atom. The molecule has 0 aliphatic heterocycles. The van der Waals surface area contributed by atoms with E-state index < -0.39 is 28.5 Å². The highest BCUT2D eigenvalue weighted by Crippen LogP contribution is 2.25. The monoisotopic (exact) mass is 563 g/mol. The number of sulfonamides is 1. The molecule has 0 aliphatic carbocycles. The molecule has 0 heterocycles. The Hall–Kier alpha value is -3.65. The van der Waals surface area contributed by atoms with Gasteiger partial charge in [-0.1, -0.05) is 85.5 Å². The Bertz CT molecular complexity index is 1370. The first-order chi connectivity index (χ1) is 19.1. The average molecular weight is 564 g/mol. The number of hydrogen-bond acceptors (Lipinski definition) is 4. The van der Waals surface area contributed by atoms with Crippen molar-refractivity contribution in [2.24, 2.45) is 0 Å². The molecule has 0 aromatic heterocycles. The van der Waals surface area contributed by atoms with E-state index >= 15 is 0 Å². The molecule has 3 rings (SSSR count). The van der Waals surface area contributed by atoms with Crippen LogP contribution in [0, 0.1) is 20.8 Å². The summed E-state index contributed by atoms with van der Waals surface area (Å²) in [6.07, 6.45) is 2.17. The number of benzene rings is 3. The van der Waals surface area contributed by atoms with Crippen LogP contribution in [0.4, 0.5) is 5.69 Å². The summed E-state index contributed by atoms with van der Waals surface area (Å²) in [5.74, 6) is -0.686. The first-order valence-corrected chi connectivity index (χ1v) is 15.3. The second kappa shape index (κ2) is 14.1. The Morgan fingerprint density at radius 3 is 1.85 bits per heavy atom. The number of nitrogens with zero attached hydrogens (tertiary/aromatic N) is 2. The molecule has 0 bridgehead atoms. The van der Waals surface area contributed by atoms with Crippen molar-refractivity contribution in [2.45, 2.75) is 71.4 Å². The summed E-state index contributed by atoms with van der Waals surface area (Å²) in [5.41, 5.74) is 4.23. The van der Waals surface area contributed by atoms with E-state index in [9.17, 15) is 18.0 Å². The van der Waals surface area contributed by atoms with Crippen molar-refractivity contribution in [1.29, 1.82) is 0 Å². The predicted octanol–water partition coefficient (Wildman–Crippen LogP) is 5.53. The first-order valence-electron chi connectivity index (χ1n) is 13.9. The molecule has 0 saturated heterocycles. The van der Waals surface area contributed by atoms with Crippen molar-refractivity contribution in [3.63, 3.8) is 0 Å². The lowest BCUT2D eigenvalue weighted by atomic mass is 10.1. The third kappa shape index (κ3) is 7.94. The van der Waals surface area contributed by atoms with Crippen LogP contribution >= 0.6 is 0 Å². The van der Waals surface area contributed by atoms with Gasteiger partial charge >= 0.3 is 0 Å². The molecule has 40 heavy (non-hydrogen) atoms. The fraction of sp³-hybridized carbons (Fsp3) is 0.375. The lowest BCUT2D eigenvalue weighted by molar-refractivity contribution is -0.140. The van der Waals surface area contributed by atoms with Crippen molar-refractivity contribution >= 4 is 27.5 Å². The van der Waals surface area contributed by atoms with Crippen LogP contribution in [-0.4, -0.2) is 44.3 Å². The fourth-order valence-electron chi connectivity index (χ4n) is 4.39. The number of unbranched alkanes of at least 4 members (excludes halogenated alkanes) is 1. The summed E-state index contributed by atoms with van der Waals surface area (Å²) in [5, 5.41) is 2.95. The highest BCUT2D eigenvalue weighted by Gasteiger charge is 2.33. The molecule has 0 saturated carbocycles. The van der Waals surface area contributed by atoms with Gasteiger partial charge in [-0.05, 0) is 63.4 Å². The third-order valence-electron chi connectivity index (χ3n) is 6.90. The van der Waals surface area contributed by atoms with Gasteiger partial charge in [-0.25, -0.2) is 8.42 Å². The Kier molecular flexibility index (Phi) is 10.9. The second-order valence-electron chi connectivity index (χ2n) is 10.2. The fourth-order valence-corrected chi connectivity index (χ4v) is 5.81. The Morgan fingerprint density at radius 2 is 1.32 bits per heavy atom. The molecule has 0 unspecified atom stereocenters. The third-order valence-corrected chi connectivity index (χ3v) is 8.69. The maximum Gasteiger partial charge on any atom is 0.264 e. The van der Waals surface area contributed by atoms with Crippen LogP contribution in [0.25, 0.3) is 0 Å². The quantitative estimate of drug-likeness (QED) is 0.277. The first kappa shape index (κ1) is 30.9. The van der Waals surface area contributed by atoms with Gasteiger partial charge in [0.15, 0.2) is 0 Å². The van der Waals surface area contributed by atoms with E-state index in [-0.39, 0.29) is 17.3 Å². The zero-order valence-corrected chi connectivity index (χ0v) is 25.0. The smallest absolute Gasteiger partial charge is 0.264 e. The molecular weight excluding hydrogens is 522 g/mol. The van der Waals surface area contributed by atoms with Crippen LogP contribution in [0.1, 0.15) is 55.4 Å². The van der Waals surface area contributed by atoms with Gasteiger partial charge in [0.05, 0.1) is 10.6 Å². The average Bonchev–Trinajstić information content (AvgIpc) is 2.93. The van der Waals surface area contributed by atoms with E-state index in [1.807, 2.05) is 71.0 Å². The second-order valence-corrected chi connectivity index (χ2v) is 12.1. The predicted molar refractivity (Wildman–Crippen MR) is 161 cm³/mol. The van der Waals surface area contributed by atoms with Gasteiger partial charge in [0.1, 0.15) is 12.6 Å². The van der Waals surface area contributed by atoms with Crippen LogP contribution in [-0.2, 0) is 26.2 Å². The molecule has 3 aromatic rings. The largest absolute Gasteiger partial charge is 0.354 e. The lowest BCUT2D eigenvalue weighted by Crippen LogP contribution is -2.52. The number of rotatable bonds is 13. The summed E-state index contributed by atoms with van der Waals surface area (Å²) < 4.78 is 29.0. The van der Waals surface area contributed by atoms with Crippen LogP contribution in [0.2, 0.25) is 0 Å². The highest BCUT2D eigenvalue weighted by atomic mass is 32.2. The maximum atomic E-state index is 14.1. The van der Waals surface area contributed by atoms with Crippen LogP contribution in [0.15, 0.2) is 77.7 Å². The Balaban J connectivity index is 2.02. The van der Waals surface area contributed by atoms with Crippen molar-refractivity contribution < 1.29 is 18.0 Å². The van der Waals surface area contributed by atoms with E-state index in [0.29, 0.717) is 18.7 Å². The molecule has 0 radical (unpaired) electrons. The van der Waals surface area contributed by atoms with Gasteiger partial charge < -0.3 is 10.2 Å². The minimum Gasteiger partial charge on any atom is -0.354 e. The number of amides is 2. The summed E-state index contributed by atoms with van der Waals surface area (Å²) in [6, 6.07) is 20.6. The van der Waals surface area contributed by atoms with Gasteiger partial charge in [-0.15, -0.1) is 0 Å². The summed E-state index contributed by atoms with van der Waals surface area (Å²) in [4.78, 5) is 28.9. The van der Waals surface area contributed by atoms with Crippen LogP contribution < -0.4 is 9.62 Å². The number of nitrogens with one attached hydrogen (secondary N) is 1. The molecule has 7 nitrogen and oxygen atoms in total. The molecule has 0 spiro atoms. The van der Waals surface area contributed by atoms with Gasteiger partial charge in [0.25, 0.3) is 10.0 Å². The molecule has 1 atom stereocenters. The van der Waals surface area contributed by atoms with Crippen LogP contribution in [0.3, 0.4) is 0 Å². The summed E-state index contributed by atoms with van der Waals surface area (Å²) in [7, 11) is -4.08. The van der Waals surface area contributed by atoms with Crippen molar-refractivity contribution in [1.82, 2.24) is 10.2 Å². The molecular formula is C32H41N3O4S. The van der Waals surface area contributed by atoms with E-state index in [4.69, 9.17) is 0 Å². The molecule has 0 fully saturated rings. The minimum atomic E-state index is -4.08. The van der Waals surface area contributed by atoms with Gasteiger partial charge in [-0.3, -0.25) is 13.9 Å². The Labute approximate surface area is 239 Å². The molecule has 8 heteroatoms. The summed E-state index contributed by atoms with van der Waals surface area (Å²) in [6.45, 7) is 9.96. The minimum absolute atomic E-state index is 0.0981. The number of aryl methyl sites for hydroxylation is 3. The summed E-state index contributed by atoms with van der Waals surface area (Å²) >= 11 is 0. The zero-order valence-electron chi connectivity index (χ0n) is 24.2. The molecule has 1 N–H and O–H groups in total. The van der Waals surface area contributed by atoms with Crippen LogP contribution in [0.5, 0.6) is 0 Å². The maximum absolute atomic E-state index is 14.1. The van der Waals surface area contributed by atoms with Crippen molar-refractivity contribution in [3.05, 3.63) is 95.1 Å².